The minimum Gasteiger partial charge on any atom is -0.375 e. The normalized spacial score (nSPS) is 10.4. The zero-order valence-electron chi connectivity index (χ0n) is 6.92. The van der Waals surface area contributed by atoms with Gasteiger partial charge in [-0.2, -0.15) is 0 Å². The van der Waals surface area contributed by atoms with Crippen molar-refractivity contribution in [1.29, 1.82) is 0 Å². The fourth-order valence-electron chi connectivity index (χ4n) is 0.844. The second-order valence-corrected chi connectivity index (χ2v) is 3.32. The third kappa shape index (κ3) is 3.88. The first-order valence-electron chi connectivity index (χ1n) is 4.04. The average molecular weight is 233 g/mol. The Balaban J connectivity index is 1.96. The first-order chi connectivity index (χ1) is 5.93. The molecule has 0 aliphatic rings. The van der Waals surface area contributed by atoms with Gasteiger partial charge in [-0.1, -0.05) is 15.9 Å². The number of nitrogens with zero attached hydrogens (tertiary/aromatic N) is 1. The summed E-state index contributed by atoms with van der Waals surface area (Å²) >= 11 is 3.37. The number of aromatic amines is 1. The van der Waals surface area contributed by atoms with E-state index in [9.17, 15) is 0 Å². The van der Waals surface area contributed by atoms with Crippen LogP contribution in [0.5, 0.6) is 0 Å². The van der Waals surface area contributed by atoms with E-state index >= 15 is 0 Å². The molecule has 0 aromatic carbocycles. The third-order valence-electron chi connectivity index (χ3n) is 1.48. The Morgan fingerprint density at radius 1 is 1.50 bits per heavy atom. The fourth-order valence-corrected chi connectivity index (χ4v) is 1.24. The summed E-state index contributed by atoms with van der Waals surface area (Å²) in [5.74, 6) is 0. The standard InChI is InChI=1S/C8H13BrN2O/c9-3-1-2-4-12-6-8-5-10-7-11-8/h5,7H,1-4,6H2,(H,10,11). The van der Waals surface area contributed by atoms with Gasteiger partial charge in [0.1, 0.15) is 0 Å². The first kappa shape index (κ1) is 9.74. The predicted molar refractivity (Wildman–Crippen MR) is 51.3 cm³/mol. The monoisotopic (exact) mass is 232 g/mol. The Morgan fingerprint density at radius 2 is 2.42 bits per heavy atom. The topological polar surface area (TPSA) is 37.9 Å². The van der Waals surface area contributed by atoms with Crippen molar-refractivity contribution >= 4 is 15.9 Å². The number of halogens is 1. The van der Waals surface area contributed by atoms with E-state index in [1.165, 1.54) is 6.42 Å². The molecule has 0 fully saturated rings. The minimum atomic E-state index is 0.641. The van der Waals surface area contributed by atoms with Gasteiger partial charge >= 0.3 is 0 Å². The number of rotatable bonds is 6. The molecule has 0 atom stereocenters. The van der Waals surface area contributed by atoms with Crippen molar-refractivity contribution in [1.82, 2.24) is 9.97 Å². The number of unbranched alkanes of at least 4 members (excludes halogenated alkanes) is 1. The summed E-state index contributed by atoms with van der Waals surface area (Å²) in [6.45, 7) is 1.47. The molecular weight excluding hydrogens is 220 g/mol. The maximum Gasteiger partial charge on any atom is 0.0922 e. The predicted octanol–water partition coefficient (Wildman–Crippen LogP) is 2.10. The van der Waals surface area contributed by atoms with E-state index in [1.54, 1.807) is 12.5 Å². The van der Waals surface area contributed by atoms with Crippen LogP contribution in [0.3, 0.4) is 0 Å². The molecule has 12 heavy (non-hydrogen) atoms. The van der Waals surface area contributed by atoms with E-state index in [4.69, 9.17) is 4.74 Å². The molecule has 0 radical (unpaired) electrons. The Morgan fingerprint density at radius 3 is 3.08 bits per heavy atom. The van der Waals surface area contributed by atoms with E-state index in [2.05, 4.69) is 25.9 Å². The Labute approximate surface area is 80.7 Å². The van der Waals surface area contributed by atoms with E-state index in [0.717, 1.165) is 24.1 Å². The van der Waals surface area contributed by atoms with Gasteiger partial charge in [-0.15, -0.1) is 0 Å². The lowest BCUT2D eigenvalue weighted by Crippen LogP contribution is -1.95. The molecule has 3 nitrogen and oxygen atoms in total. The lowest BCUT2D eigenvalue weighted by Gasteiger charge is -2.00. The summed E-state index contributed by atoms with van der Waals surface area (Å²) in [7, 11) is 0. The Hall–Kier alpha value is -0.350. The van der Waals surface area contributed by atoms with E-state index in [0.29, 0.717) is 6.61 Å². The van der Waals surface area contributed by atoms with Crippen molar-refractivity contribution in [2.75, 3.05) is 11.9 Å². The minimum absolute atomic E-state index is 0.641. The first-order valence-corrected chi connectivity index (χ1v) is 5.16. The lowest BCUT2D eigenvalue weighted by molar-refractivity contribution is 0.116. The maximum atomic E-state index is 5.39. The van der Waals surface area contributed by atoms with Crippen LogP contribution in [-0.4, -0.2) is 21.9 Å². The molecule has 0 aliphatic carbocycles. The fraction of sp³-hybridized carbons (Fsp3) is 0.625. The van der Waals surface area contributed by atoms with Crippen LogP contribution in [0, 0.1) is 0 Å². The molecule has 68 valence electrons. The van der Waals surface area contributed by atoms with E-state index in [-0.39, 0.29) is 0 Å². The number of alkyl halides is 1. The molecule has 0 amide bonds. The van der Waals surface area contributed by atoms with Gasteiger partial charge in [0.25, 0.3) is 0 Å². The summed E-state index contributed by atoms with van der Waals surface area (Å²) in [6, 6.07) is 0. The Bertz CT molecular complexity index is 189. The van der Waals surface area contributed by atoms with E-state index < -0.39 is 0 Å². The largest absolute Gasteiger partial charge is 0.375 e. The van der Waals surface area contributed by atoms with Crippen molar-refractivity contribution in [2.45, 2.75) is 19.4 Å². The smallest absolute Gasteiger partial charge is 0.0922 e. The highest BCUT2D eigenvalue weighted by Crippen LogP contribution is 1.98. The summed E-state index contributed by atoms with van der Waals surface area (Å²) in [4.78, 5) is 6.88. The molecule has 0 spiro atoms. The van der Waals surface area contributed by atoms with Gasteiger partial charge in [-0.3, -0.25) is 0 Å². The van der Waals surface area contributed by atoms with Crippen molar-refractivity contribution in [3.63, 3.8) is 0 Å². The molecule has 1 aromatic rings. The number of hydrogen-bond donors (Lipinski definition) is 1. The zero-order valence-corrected chi connectivity index (χ0v) is 8.51. The molecule has 0 unspecified atom stereocenters. The highest BCUT2D eigenvalue weighted by molar-refractivity contribution is 9.09. The van der Waals surface area contributed by atoms with Crippen LogP contribution < -0.4 is 0 Å². The van der Waals surface area contributed by atoms with Crippen LogP contribution in [0.25, 0.3) is 0 Å². The van der Waals surface area contributed by atoms with Gasteiger partial charge in [-0.05, 0) is 12.8 Å². The van der Waals surface area contributed by atoms with Crippen molar-refractivity contribution in [3.05, 3.63) is 18.2 Å². The molecule has 1 aromatic heterocycles. The molecule has 1 rings (SSSR count). The van der Waals surface area contributed by atoms with Crippen molar-refractivity contribution < 1.29 is 4.74 Å². The maximum absolute atomic E-state index is 5.39. The van der Waals surface area contributed by atoms with Crippen molar-refractivity contribution in [3.8, 4) is 0 Å². The number of nitrogens with one attached hydrogen (secondary N) is 1. The zero-order chi connectivity index (χ0) is 8.65. The summed E-state index contributed by atoms with van der Waals surface area (Å²) in [6.07, 6.45) is 5.73. The number of ether oxygens (including phenoxy) is 1. The van der Waals surface area contributed by atoms with Crippen LogP contribution in [0.15, 0.2) is 12.5 Å². The second kappa shape index (κ2) is 6.20. The summed E-state index contributed by atoms with van der Waals surface area (Å²) in [5.41, 5.74) is 1.04. The van der Waals surface area contributed by atoms with Crippen LogP contribution in [-0.2, 0) is 11.3 Å². The molecule has 0 saturated heterocycles. The third-order valence-corrected chi connectivity index (χ3v) is 2.05. The van der Waals surface area contributed by atoms with Crippen LogP contribution in [0.2, 0.25) is 0 Å². The molecule has 1 heterocycles. The second-order valence-electron chi connectivity index (χ2n) is 2.53. The molecule has 0 bridgehead atoms. The van der Waals surface area contributed by atoms with Gasteiger partial charge in [0, 0.05) is 11.9 Å². The van der Waals surface area contributed by atoms with Gasteiger partial charge < -0.3 is 9.72 Å². The SMILES string of the molecule is BrCCCCOCc1cnc[nH]1. The molecule has 0 aliphatic heterocycles. The summed E-state index contributed by atoms with van der Waals surface area (Å²) < 4.78 is 5.39. The number of hydrogen-bond acceptors (Lipinski definition) is 2. The number of aromatic nitrogens is 2. The quantitative estimate of drug-likeness (QED) is 0.603. The average Bonchev–Trinajstić information content (AvgIpc) is 2.57. The molecular formula is C8H13BrN2O. The highest BCUT2D eigenvalue weighted by atomic mass is 79.9. The number of imidazole rings is 1. The Kier molecular flexibility index (Phi) is 5.03. The van der Waals surface area contributed by atoms with Gasteiger partial charge in [-0.25, -0.2) is 4.98 Å². The summed E-state index contributed by atoms with van der Waals surface area (Å²) in [5, 5.41) is 1.06. The molecule has 1 N–H and O–H groups in total. The van der Waals surface area contributed by atoms with Crippen LogP contribution in [0.1, 0.15) is 18.5 Å². The molecule has 0 saturated carbocycles. The number of H-pyrrole nitrogens is 1. The highest BCUT2D eigenvalue weighted by Gasteiger charge is 1.92. The lowest BCUT2D eigenvalue weighted by atomic mass is 10.4. The molecule has 4 heteroatoms. The van der Waals surface area contributed by atoms with Gasteiger partial charge in [0.2, 0.25) is 0 Å². The van der Waals surface area contributed by atoms with Crippen LogP contribution >= 0.6 is 15.9 Å². The van der Waals surface area contributed by atoms with Crippen LogP contribution in [0.4, 0.5) is 0 Å². The van der Waals surface area contributed by atoms with Gasteiger partial charge in [0.05, 0.1) is 24.8 Å². The van der Waals surface area contributed by atoms with E-state index in [1.807, 2.05) is 0 Å². The van der Waals surface area contributed by atoms with Gasteiger partial charge in [0.15, 0.2) is 0 Å². The van der Waals surface area contributed by atoms with Crippen molar-refractivity contribution in [2.24, 2.45) is 0 Å².